The quantitative estimate of drug-likeness (QED) is 0.651. The van der Waals surface area contributed by atoms with E-state index >= 15 is 0 Å². The van der Waals surface area contributed by atoms with Crippen molar-refractivity contribution in [2.24, 2.45) is 0 Å². The van der Waals surface area contributed by atoms with Crippen molar-refractivity contribution in [2.75, 3.05) is 37.4 Å². The van der Waals surface area contributed by atoms with Crippen molar-refractivity contribution in [3.05, 3.63) is 40.7 Å². The first-order chi connectivity index (χ1) is 12.5. The lowest BCUT2D eigenvalue weighted by molar-refractivity contribution is -0.121. The smallest absolute Gasteiger partial charge is 0.254 e. The molecule has 0 saturated heterocycles. The Morgan fingerprint density at radius 3 is 2.81 bits per heavy atom. The van der Waals surface area contributed by atoms with Crippen LogP contribution in [-0.2, 0) is 11.3 Å². The van der Waals surface area contributed by atoms with E-state index in [9.17, 15) is 9.59 Å². The molecular formula is C17H23N7O2. The molecule has 0 aliphatic heterocycles. The largest absolute Gasteiger partial charge is 0.376 e. The number of hydrogen-bond donors (Lipinski definition) is 2. The zero-order chi connectivity index (χ0) is 18.5. The second-order valence-electron chi connectivity index (χ2n) is 6.52. The van der Waals surface area contributed by atoms with Crippen molar-refractivity contribution in [1.29, 1.82) is 0 Å². The predicted molar refractivity (Wildman–Crippen MR) is 98.3 cm³/mol. The van der Waals surface area contributed by atoms with Crippen LogP contribution in [-0.4, -0.2) is 52.8 Å². The van der Waals surface area contributed by atoms with Gasteiger partial charge in [0.15, 0.2) is 5.82 Å². The Bertz CT molecular complexity index is 830. The summed E-state index contributed by atoms with van der Waals surface area (Å²) in [6.07, 6.45) is 5.31. The minimum atomic E-state index is -0.233. The zero-order valence-electron chi connectivity index (χ0n) is 15.0. The van der Waals surface area contributed by atoms with E-state index in [1.54, 1.807) is 6.20 Å². The van der Waals surface area contributed by atoms with Gasteiger partial charge >= 0.3 is 0 Å². The highest BCUT2D eigenvalue weighted by atomic mass is 16.2. The molecule has 138 valence electrons. The summed E-state index contributed by atoms with van der Waals surface area (Å²) in [4.78, 5) is 30.2. The molecule has 1 aliphatic carbocycles. The molecule has 1 saturated carbocycles. The molecule has 9 heteroatoms. The Labute approximate surface area is 151 Å². The van der Waals surface area contributed by atoms with Crippen LogP contribution >= 0.6 is 0 Å². The van der Waals surface area contributed by atoms with Gasteiger partial charge in [-0.05, 0) is 12.8 Å². The number of hydrogen-bond acceptors (Lipinski definition) is 7. The molecule has 0 bridgehead atoms. The molecule has 0 unspecified atom stereocenters. The number of carbonyl (C=O) groups excluding carboxylic acids is 1. The van der Waals surface area contributed by atoms with Crippen LogP contribution in [0.5, 0.6) is 0 Å². The van der Waals surface area contributed by atoms with Crippen LogP contribution in [0, 0.1) is 0 Å². The molecule has 1 fully saturated rings. The van der Waals surface area contributed by atoms with Gasteiger partial charge in [-0.1, -0.05) is 0 Å². The Balaban J connectivity index is 1.43. The molecule has 2 heterocycles. The summed E-state index contributed by atoms with van der Waals surface area (Å²) in [7, 11) is 3.85. The molecule has 0 aromatic carbocycles. The van der Waals surface area contributed by atoms with Crippen molar-refractivity contribution in [2.45, 2.75) is 25.3 Å². The first-order valence-corrected chi connectivity index (χ1v) is 8.60. The summed E-state index contributed by atoms with van der Waals surface area (Å²) < 4.78 is 1.32. The van der Waals surface area contributed by atoms with E-state index in [1.807, 2.05) is 25.1 Å². The van der Waals surface area contributed by atoms with Crippen LogP contribution < -0.4 is 21.1 Å². The SMILES string of the molecule is CN(C)c1cnnc(NCCNC(=O)Cn2cnc(C3CC3)cc2=O)c1. The molecule has 1 aliphatic rings. The predicted octanol–water partition coefficient (Wildman–Crippen LogP) is 0.205. The van der Waals surface area contributed by atoms with Gasteiger partial charge in [0.1, 0.15) is 6.54 Å². The number of amides is 1. The fourth-order valence-electron chi connectivity index (χ4n) is 2.45. The van der Waals surface area contributed by atoms with Crippen LogP contribution in [0.3, 0.4) is 0 Å². The van der Waals surface area contributed by atoms with Gasteiger partial charge in [0.2, 0.25) is 5.91 Å². The molecule has 0 atom stereocenters. The van der Waals surface area contributed by atoms with Gasteiger partial charge < -0.3 is 15.5 Å². The summed E-state index contributed by atoms with van der Waals surface area (Å²) in [6, 6.07) is 3.41. The van der Waals surface area contributed by atoms with E-state index in [1.165, 1.54) is 17.0 Å². The van der Waals surface area contributed by atoms with Crippen LogP contribution in [0.15, 0.2) is 29.5 Å². The maximum atomic E-state index is 12.0. The van der Waals surface area contributed by atoms with E-state index < -0.39 is 0 Å². The first-order valence-electron chi connectivity index (χ1n) is 8.60. The van der Waals surface area contributed by atoms with Gasteiger partial charge in [-0.2, -0.15) is 5.10 Å². The number of anilines is 2. The van der Waals surface area contributed by atoms with E-state index in [4.69, 9.17) is 0 Å². The third-order valence-corrected chi connectivity index (χ3v) is 4.12. The molecule has 3 rings (SSSR count). The first kappa shape index (κ1) is 17.8. The molecule has 2 aromatic rings. The van der Waals surface area contributed by atoms with Crippen molar-refractivity contribution < 1.29 is 4.79 Å². The number of aromatic nitrogens is 4. The highest BCUT2D eigenvalue weighted by Gasteiger charge is 2.25. The third kappa shape index (κ3) is 4.78. The number of carbonyl (C=O) groups is 1. The number of rotatable bonds is 8. The average molecular weight is 357 g/mol. The second kappa shape index (κ2) is 7.94. The lowest BCUT2D eigenvalue weighted by Crippen LogP contribution is -2.35. The zero-order valence-corrected chi connectivity index (χ0v) is 15.0. The van der Waals surface area contributed by atoms with E-state index in [-0.39, 0.29) is 18.0 Å². The van der Waals surface area contributed by atoms with Crippen molar-refractivity contribution >= 4 is 17.4 Å². The van der Waals surface area contributed by atoms with E-state index in [0.717, 1.165) is 24.2 Å². The molecule has 1 amide bonds. The Kier molecular flexibility index (Phi) is 5.45. The summed E-state index contributed by atoms with van der Waals surface area (Å²) in [5.74, 6) is 0.830. The number of nitrogens with zero attached hydrogens (tertiary/aromatic N) is 5. The summed E-state index contributed by atoms with van der Waals surface area (Å²) in [5.41, 5.74) is 1.58. The Morgan fingerprint density at radius 2 is 2.12 bits per heavy atom. The molecule has 0 radical (unpaired) electrons. The molecule has 0 spiro atoms. The van der Waals surface area contributed by atoms with Gasteiger partial charge in [-0.15, -0.1) is 5.10 Å². The summed E-state index contributed by atoms with van der Waals surface area (Å²) in [5, 5.41) is 13.8. The maximum absolute atomic E-state index is 12.0. The fourth-order valence-corrected chi connectivity index (χ4v) is 2.45. The topological polar surface area (TPSA) is 105 Å². The van der Waals surface area contributed by atoms with E-state index in [2.05, 4.69) is 25.8 Å². The van der Waals surface area contributed by atoms with Crippen LogP contribution in [0.4, 0.5) is 11.5 Å². The van der Waals surface area contributed by atoms with Crippen LogP contribution in [0.2, 0.25) is 0 Å². The maximum Gasteiger partial charge on any atom is 0.254 e. The highest BCUT2D eigenvalue weighted by molar-refractivity contribution is 5.75. The molecular weight excluding hydrogens is 334 g/mol. The minimum Gasteiger partial charge on any atom is -0.376 e. The lowest BCUT2D eigenvalue weighted by atomic mass is 10.3. The van der Waals surface area contributed by atoms with Gasteiger partial charge in [-0.25, -0.2) is 4.98 Å². The van der Waals surface area contributed by atoms with Crippen molar-refractivity contribution in [3.8, 4) is 0 Å². The summed E-state index contributed by atoms with van der Waals surface area (Å²) in [6.45, 7) is 0.882. The molecule has 2 aromatic heterocycles. The second-order valence-corrected chi connectivity index (χ2v) is 6.52. The normalized spacial score (nSPS) is 13.3. The lowest BCUT2D eigenvalue weighted by Gasteiger charge is -2.13. The van der Waals surface area contributed by atoms with Crippen molar-refractivity contribution in [3.63, 3.8) is 0 Å². The molecule has 2 N–H and O–H groups in total. The summed E-state index contributed by atoms with van der Waals surface area (Å²) >= 11 is 0. The third-order valence-electron chi connectivity index (χ3n) is 4.12. The Morgan fingerprint density at radius 1 is 1.31 bits per heavy atom. The standard InChI is InChI=1S/C17H23N7O2/c1-23(2)13-7-15(22-21-9-13)18-5-6-19-16(25)10-24-11-20-14(8-17(24)26)12-3-4-12/h7-9,11-12H,3-6,10H2,1-2H3,(H,18,22)(H,19,25). The van der Waals surface area contributed by atoms with Crippen LogP contribution in [0.25, 0.3) is 0 Å². The average Bonchev–Trinajstić information content (AvgIpc) is 3.46. The molecule has 9 nitrogen and oxygen atoms in total. The van der Waals surface area contributed by atoms with Crippen molar-refractivity contribution in [1.82, 2.24) is 25.1 Å². The highest BCUT2D eigenvalue weighted by Crippen LogP contribution is 2.38. The van der Waals surface area contributed by atoms with E-state index in [0.29, 0.717) is 24.8 Å². The minimum absolute atomic E-state index is 0.0350. The number of nitrogens with one attached hydrogen (secondary N) is 2. The monoisotopic (exact) mass is 357 g/mol. The Hall–Kier alpha value is -2.97. The molecule has 26 heavy (non-hydrogen) atoms. The van der Waals surface area contributed by atoms with Crippen LogP contribution in [0.1, 0.15) is 24.5 Å². The van der Waals surface area contributed by atoms with Gasteiger partial charge in [0.05, 0.1) is 23.9 Å². The van der Waals surface area contributed by atoms with Gasteiger partial charge in [0, 0.05) is 45.2 Å². The van der Waals surface area contributed by atoms with Gasteiger partial charge in [0.25, 0.3) is 5.56 Å². The van der Waals surface area contributed by atoms with Gasteiger partial charge in [-0.3, -0.25) is 14.2 Å². The fraction of sp³-hybridized carbons (Fsp3) is 0.471.